The normalized spacial score (nSPS) is 17.4. The van der Waals surface area contributed by atoms with E-state index in [0.717, 1.165) is 31.5 Å². The quantitative estimate of drug-likeness (QED) is 0.835. The summed E-state index contributed by atoms with van der Waals surface area (Å²) in [5.74, 6) is -0.0878. The number of ether oxygens (including phenoxy) is 1. The van der Waals surface area contributed by atoms with Gasteiger partial charge in [0, 0.05) is 13.6 Å². The number of benzene rings is 1. The molecule has 1 unspecified atom stereocenters. The second-order valence-electron chi connectivity index (χ2n) is 6.29. The minimum absolute atomic E-state index is 0.0862. The summed E-state index contributed by atoms with van der Waals surface area (Å²) in [5.41, 5.74) is 0.766. The Balaban J connectivity index is 1.97. The number of likely N-dealkylation sites (N-methyl/N-ethyl adjacent to an activating group) is 1. The largest absolute Gasteiger partial charge is 0.494 e. The number of nitrogens with zero attached hydrogens (tertiary/aromatic N) is 2. The molecule has 2 rings (SSSR count). The average Bonchev–Trinajstić information content (AvgIpc) is 2.83. The Morgan fingerprint density at radius 1 is 1.30 bits per heavy atom. The van der Waals surface area contributed by atoms with E-state index in [1.807, 2.05) is 6.92 Å². The van der Waals surface area contributed by atoms with Crippen LogP contribution in [0.1, 0.15) is 38.2 Å². The van der Waals surface area contributed by atoms with Gasteiger partial charge in [0.15, 0.2) is 11.6 Å². The molecule has 0 aromatic heterocycles. The molecular weight excluding hydrogens is 295 g/mol. The fourth-order valence-corrected chi connectivity index (χ4v) is 3.12. The standard InChI is InChI=1S/C18H27FN2O2/c1-14(21-10-6-4-5-7-11-21)18(22)20(2)13-15-8-9-17(23-3)16(19)12-15/h8-9,12,14H,4-7,10-11,13H2,1-3H3. The molecule has 1 aliphatic rings. The Morgan fingerprint density at radius 2 is 1.96 bits per heavy atom. The van der Waals surface area contributed by atoms with Gasteiger partial charge in [0.25, 0.3) is 0 Å². The van der Waals surface area contributed by atoms with E-state index in [1.165, 1.54) is 26.0 Å². The Morgan fingerprint density at radius 3 is 2.52 bits per heavy atom. The lowest BCUT2D eigenvalue weighted by Crippen LogP contribution is -2.45. The van der Waals surface area contributed by atoms with Crippen LogP contribution in [0.5, 0.6) is 5.75 Å². The zero-order chi connectivity index (χ0) is 16.8. The van der Waals surface area contributed by atoms with Crippen molar-refractivity contribution in [3.63, 3.8) is 0 Å². The van der Waals surface area contributed by atoms with Crippen LogP contribution in [0.2, 0.25) is 0 Å². The third kappa shape index (κ3) is 4.67. The Labute approximate surface area is 138 Å². The van der Waals surface area contributed by atoms with Gasteiger partial charge in [0.05, 0.1) is 13.2 Å². The molecule has 1 atom stereocenters. The third-order valence-electron chi connectivity index (χ3n) is 4.56. The van der Waals surface area contributed by atoms with Crippen molar-refractivity contribution in [2.24, 2.45) is 0 Å². The van der Waals surface area contributed by atoms with Gasteiger partial charge in [-0.15, -0.1) is 0 Å². The van der Waals surface area contributed by atoms with Crippen LogP contribution in [-0.4, -0.2) is 49.0 Å². The maximum atomic E-state index is 13.8. The number of carbonyl (C=O) groups excluding carboxylic acids is 1. The lowest BCUT2D eigenvalue weighted by Gasteiger charge is -2.30. The molecule has 1 aliphatic heterocycles. The van der Waals surface area contributed by atoms with Crippen LogP contribution in [-0.2, 0) is 11.3 Å². The Hall–Kier alpha value is -1.62. The van der Waals surface area contributed by atoms with E-state index in [1.54, 1.807) is 24.1 Å². The molecule has 4 nitrogen and oxygen atoms in total. The molecule has 128 valence electrons. The van der Waals surface area contributed by atoms with Gasteiger partial charge in [0.2, 0.25) is 5.91 Å². The van der Waals surface area contributed by atoms with Crippen molar-refractivity contribution >= 4 is 5.91 Å². The van der Waals surface area contributed by atoms with E-state index in [0.29, 0.717) is 6.54 Å². The van der Waals surface area contributed by atoms with Gasteiger partial charge in [-0.3, -0.25) is 9.69 Å². The second kappa shape index (κ2) is 8.29. The molecule has 0 radical (unpaired) electrons. The van der Waals surface area contributed by atoms with Crippen LogP contribution in [0.25, 0.3) is 0 Å². The molecular formula is C18H27FN2O2. The molecule has 0 N–H and O–H groups in total. The number of likely N-dealkylation sites (tertiary alicyclic amines) is 1. The summed E-state index contributed by atoms with van der Waals surface area (Å²) >= 11 is 0. The molecule has 0 aliphatic carbocycles. The zero-order valence-electron chi connectivity index (χ0n) is 14.3. The first-order valence-electron chi connectivity index (χ1n) is 8.34. The first-order chi connectivity index (χ1) is 11.0. The number of carbonyl (C=O) groups is 1. The molecule has 0 spiro atoms. The summed E-state index contributed by atoms with van der Waals surface area (Å²) in [4.78, 5) is 16.6. The van der Waals surface area contributed by atoms with Crippen LogP contribution in [0.3, 0.4) is 0 Å². The summed E-state index contributed by atoms with van der Waals surface area (Å²) in [6, 6.07) is 4.70. The van der Waals surface area contributed by atoms with E-state index >= 15 is 0 Å². The van der Waals surface area contributed by atoms with Crippen molar-refractivity contribution in [1.82, 2.24) is 9.80 Å². The maximum absolute atomic E-state index is 13.8. The van der Waals surface area contributed by atoms with E-state index < -0.39 is 5.82 Å². The number of methoxy groups -OCH3 is 1. The molecule has 1 fully saturated rings. The Kier molecular flexibility index (Phi) is 6.39. The van der Waals surface area contributed by atoms with Crippen molar-refractivity contribution in [2.45, 2.75) is 45.2 Å². The van der Waals surface area contributed by atoms with Crippen LogP contribution < -0.4 is 4.74 Å². The van der Waals surface area contributed by atoms with Crippen LogP contribution in [0.15, 0.2) is 18.2 Å². The van der Waals surface area contributed by atoms with Gasteiger partial charge in [-0.25, -0.2) is 4.39 Å². The monoisotopic (exact) mass is 322 g/mol. The summed E-state index contributed by atoms with van der Waals surface area (Å²) in [5, 5.41) is 0. The van der Waals surface area contributed by atoms with E-state index in [9.17, 15) is 9.18 Å². The summed E-state index contributed by atoms with van der Waals surface area (Å²) in [7, 11) is 3.22. The molecule has 0 saturated carbocycles. The van der Waals surface area contributed by atoms with Crippen molar-refractivity contribution in [3.05, 3.63) is 29.6 Å². The lowest BCUT2D eigenvalue weighted by molar-refractivity contribution is -0.135. The lowest BCUT2D eigenvalue weighted by atomic mass is 10.1. The van der Waals surface area contributed by atoms with Crippen molar-refractivity contribution in [3.8, 4) is 5.75 Å². The fourth-order valence-electron chi connectivity index (χ4n) is 3.12. The van der Waals surface area contributed by atoms with Crippen molar-refractivity contribution in [2.75, 3.05) is 27.2 Å². The van der Waals surface area contributed by atoms with E-state index in [2.05, 4.69) is 4.90 Å². The highest BCUT2D eigenvalue weighted by atomic mass is 19.1. The van der Waals surface area contributed by atoms with Crippen LogP contribution in [0, 0.1) is 5.82 Å². The molecule has 1 saturated heterocycles. The smallest absolute Gasteiger partial charge is 0.239 e. The SMILES string of the molecule is COc1ccc(CN(C)C(=O)C(C)N2CCCCCC2)cc1F. The zero-order valence-corrected chi connectivity index (χ0v) is 14.3. The van der Waals surface area contributed by atoms with Crippen LogP contribution >= 0.6 is 0 Å². The molecule has 1 aromatic rings. The number of rotatable bonds is 5. The first kappa shape index (κ1) is 17.7. The number of hydrogen-bond donors (Lipinski definition) is 0. The summed E-state index contributed by atoms with van der Waals surface area (Å²) < 4.78 is 18.7. The van der Waals surface area contributed by atoms with E-state index in [-0.39, 0.29) is 17.7 Å². The first-order valence-corrected chi connectivity index (χ1v) is 8.34. The minimum Gasteiger partial charge on any atom is -0.494 e. The van der Waals surface area contributed by atoms with Gasteiger partial charge in [-0.05, 0) is 50.6 Å². The van der Waals surface area contributed by atoms with Gasteiger partial charge in [0.1, 0.15) is 0 Å². The number of halogens is 1. The van der Waals surface area contributed by atoms with E-state index in [4.69, 9.17) is 4.74 Å². The average molecular weight is 322 g/mol. The topological polar surface area (TPSA) is 32.8 Å². The van der Waals surface area contributed by atoms with Crippen molar-refractivity contribution < 1.29 is 13.9 Å². The highest BCUT2D eigenvalue weighted by Crippen LogP contribution is 2.19. The van der Waals surface area contributed by atoms with Crippen molar-refractivity contribution in [1.29, 1.82) is 0 Å². The Bertz CT molecular complexity index is 528. The minimum atomic E-state index is -0.397. The van der Waals surface area contributed by atoms with Crippen LogP contribution in [0.4, 0.5) is 4.39 Å². The fraction of sp³-hybridized carbons (Fsp3) is 0.611. The molecule has 23 heavy (non-hydrogen) atoms. The number of amides is 1. The number of hydrogen-bond acceptors (Lipinski definition) is 3. The highest BCUT2D eigenvalue weighted by molar-refractivity contribution is 5.81. The van der Waals surface area contributed by atoms with Gasteiger partial charge in [-0.2, -0.15) is 0 Å². The predicted molar refractivity (Wildman–Crippen MR) is 88.9 cm³/mol. The highest BCUT2D eigenvalue weighted by Gasteiger charge is 2.24. The molecule has 5 heteroatoms. The molecule has 0 bridgehead atoms. The maximum Gasteiger partial charge on any atom is 0.239 e. The molecule has 1 aromatic carbocycles. The molecule has 1 heterocycles. The van der Waals surface area contributed by atoms with Gasteiger partial charge < -0.3 is 9.64 Å². The summed E-state index contributed by atoms with van der Waals surface area (Å²) in [6.07, 6.45) is 4.81. The summed E-state index contributed by atoms with van der Waals surface area (Å²) in [6.45, 7) is 4.34. The predicted octanol–water partition coefficient (Wildman–Crippen LogP) is 3.06. The second-order valence-corrected chi connectivity index (χ2v) is 6.29. The third-order valence-corrected chi connectivity index (χ3v) is 4.56. The molecule has 1 amide bonds. The van der Waals surface area contributed by atoms with Gasteiger partial charge >= 0.3 is 0 Å². The van der Waals surface area contributed by atoms with Gasteiger partial charge in [-0.1, -0.05) is 18.9 Å².